The van der Waals surface area contributed by atoms with E-state index in [1.807, 2.05) is 6.07 Å². The SMILES string of the molecule is CC(C)(C)OC(=O)N1CCC(C#N)(CS(=O)(=O)F)CC1. The van der Waals surface area contributed by atoms with Crippen molar-refractivity contribution in [3.63, 3.8) is 0 Å². The van der Waals surface area contributed by atoms with E-state index >= 15 is 0 Å². The van der Waals surface area contributed by atoms with Gasteiger partial charge in [0.15, 0.2) is 0 Å². The van der Waals surface area contributed by atoms with Gasteiger partial charge >= 0.3 is 16.3 Å². The number of carbonyl (C=O) groups is 1. The van der Waals surface area contributed by atoms with Gasteiger partial charge in [0.1, 0.15) is 5.60 Å². The molecule has 6 nitrogen and oxygen atoms in total. The van der Waals surface area contributed by atoms with Crippen LogP contribution in [0.4, 0.5) is 8.68 Å². The number of amides is 1. The Labute approximate surface area is 118 Å². The monoisotopic (exact) mass is 306 g/mol. The fraction of sp³-hybridized carbons (Fsp3) is 0.833. The first-order valence-electron chi connectivity index (χ1n) is 6.28. The quantitative estimate of drug-likeness (QED) is 0.726. The molecule has 0 radical (unpaired) electrons. The molecule has 114 valence electrons. The smallest absolute Gasteiger partial charge is 0.410 e. The van der Waals surface area contributed by atoms with E-state index in [-0.39, 0.29) is 25.9 Å². The number of nitriles is 1. The Kier molecular flexibility index (Phi) is 4.64. The zero-order valence-electron chi connectivity index (χ0n) is 11.8. The van der Waals surface area contributed by atoms with Crippen LogP contribution in [0, 0.1) is 16.7 Å². The van der Waals surface area contributed by atoms with Crippen LogP contribution < -0.4 is 0 Å². The molecule has 1 fully saturated rings. The molecule has 0 aromatic rings. The molecule has 0 aromatic carbocycles. The first-order chi connectivity index (χ1) is 8.96. The average Bonchev–Trinajstić information content (AvgIpc) is 2.25. The predicted octanol–water partition coefficient (Wildman–Crippen LogP) is 1.83. The minimum Gasteiger partial charge on any atom is -0.444 e. The second-order valence-corrected chi connectivity index (χ2v) is 7.41. The number of hydrogen-bond donors (Lipinski definition) is 0. The van der Waals surface area contributed by atoms with E-state index in [0.29, 0.717) is 0 Å². The van der Waals surface area contributed by atoms with Crippen molar-refractivity contribution < 1.29 is 21.8 Å². The predicted molar refractivity (Wildman–Crippen MR) is 70.0 cm³/mol. The molecule has 1 aliphatic heterocycles. The summed E-state index contributed by atoms with van der Waals surface area (Å²) in [6.45, 7) is 5.58. The third-order valence-corrected chi connectivity index (χ3v) is 3.96. The maximum absolute atomic E-state index is 12.8. The first-order valence-corrected chi connectivity index (χ1v) is 7.83. The molecule has 0 bridgehead atoms. The van der Waals surface area contributed by atoms with E-state index in [9.17, 15) is 17.1 Å². The molecule has 1 amide bonds. The Morgan fingerprint density at radius 1 is 1.40 bits per heavy atom. The molecular weight excluding hydrogens is 287 g/mol. The number of carbonyl (C=O) groups excluding carboxylic acids is 1. The first kappa shape index (κ1) is 16.7. The lowest BCUT2D eigenvalue weighted by Crippen LogP contribution is -2.46. The molecule has 0 spiro atoms. The van der Waals surface area contributed by atoms with Gasteiger partial charge in [0.25, 0.3) is 0 Å². The summed E-state index contributed by atoms with van der Waals surface area (Å²) in [6, 6.07) is 1.88. The van der Waals surface area contributed by atoms with Crippen molar-refractivity contribution >= 4 is 16.3 Å². The summed E-state index contributed by atoms with van der Waals surface area (Å²) in [6.07, 6.45) is -0.273. The number of likely N-dealkylation sites (tertiary alicyclic amines) is 1. The van der Waals surface area contributed by atoms with Crippen LogP contribution in [0.25, 0.3) is 0 Å². The lowest BCUT2D eigenvalue weighted by atomic mass is 9.82. The van der Waals surface area contributed by atoms with E-state index in [1.54, 1.807) is 20.8 Å². The van der Waals surface area contributed by atoms with Crippen LogP contribution in [0.2, 0.25) is 0 Å². The van der Waals surface area contributed by atoms with Crippen molar-refractivity contribution in [1.82, 2.24) is 4.90 Å². The van der Waals surface area contributed by atoms with Gasteiger partial charge in [-0.05, 0) is 33.6 Å². The second kappa shape index (κ2) is 5.56. The van der Waals surface area contributed by atoms with Gasteiger partial charge in [0.2, 0.25) is 0 Å². The summed E-state index contributed by atoms with van der Waals surface area (Å²) >= 11 is 0. The van der Waals surface area contributed by atoms with Crippen LogP contribution in [0.3, 0.4) is 0 Å². The number of ether oxygens (including phenoxy) is 1. The van der Waals surface area contributed by atoms with E-state index in [2.05, 4.69) is 0 Å². The van der Waals surface area contributed by atoms with Gasteiger partial charge in [0, 0.05) is 13.1 Å². The normalized spacial score (nSPS) is 19.2. The molecule has 0 aromatic heterocycles. The molecule has 0 aliphatic carbocycles. The van der Waals surface area contributed by atoms with Crippen LogP contribution in [0.15, 0.2) is 0 Å². The number of hydrogen-bond acceptors (Lipinski definition) is 5. The minimum absolute atomic E-state index is 0.117. The van der Waals surface area contributed by atoms with Gasteiger partial charge in [0.05, 0.1) is 17.2 Å². The molecule has 0 N–H and O–H groups in total. The molecule has 1 heterocycles. The van der Waals surface area contributed by atoms with Crippen molar-refractivity contribution in [2.24, 2.45) is 5.41 Å². The highest BCUT2D eigenvalue weighted by Crippen LogP contribution is 2.33. The van der Waals surface area contributed by atoms with Gasteiger partial charge in [-0.25, -0.2) is 4.79 Å². The molecule has 1 saturated heterocycles. The molecule has 8 heteroatoms. The topological polar surface area (TPSA) is 87.5 Å². The van der Waals surface area contributed by atoms with Gasteiger partial charge in [-0.1, -0.05) is 0 Å². The van der Waals surface area contributed by atoms with Crippen LogP contribution in [0.1, 0.15) is 33.6 Å². The Morgan fingerprint density at radius 3 is 2.25 bits per heavy atom. The summed E-state index contributed by atoms with van der Waals surface area (Å²) in [5.41, 5.74) is -1.88. The standard InChI is InChI=1S/C12H19FN2O4S/c1-11(2,3)19-10(16)15-6-4-12(8-14,5-7-15)9-20(13,17)18/h4-7,9H2,1-3H3. The van der Waals surface area contributed by atoms with Gasteiger partial charge in [-0.2, -0.15) is 13.7 Å². The molecule has 1 aliphatic rings. The zero-order valence-corrected chi connectivity index (χ0v) is 12.7. The molecule has 0 unspecified atom stereocenters. The number of halogens is 1. The van der Waals surface area contributed by atoms with Crippen LogP contribution in [-0.4, -0.2) is 43.9 Å². The van der Waals surface area contributed by atoms with Crippen molar-refractivity contribution in [1.29, 1.82) is 5.26 Å². The fourth-order valence-electron chi connectivity index (χ4n) is 2.06. The summed E-state index contributed by atoms with van der Waals surface area (Å²) in [5, 5.41) is 9.10. The molecule has 0 saturated carbocycles. The number of piperidine rings is 1. The Balaban J connectivity index is 2.67. The highest BCUT2D eigenvalue weighted by molar-refractivity contribution is 7.86. The van der Waals surface area contributed by atoms with E-state index < -0.39 is 33.1 Å². The van der Waals surface area contributed by atoms with Crippen molar-refractivity contribution in [3.05, 3.63) is 0 Å². The number of rotatable bonds is 2. The minimum atomic E-state index is -4.72. The van der Waals surface area contributed by atoms with E-state index in [0.717, 1.165) is 0 Å². The van der Waals surface area contributed by atoms with Crippen molar-refractivity contribution in [3.8, 4) is 6.07 Å². The van der Waals surface area contributed by atoms with Gasteiger partial charge in [-0.3, -0.25) is 0 Å². The summed E-state index contributed by atoms with van der Waals surface area (Å²) in [4.78, 5) is 13.2. The Bertz CT molecular complexity index is 511. The van der Waals surface area contributed by atoms with Crippen LogP contribution >= 0.6 is 0 Å². The highest BCUT2D eigenvalue weighted by atomic mass is 32.3. The fourth-order valence-corrected chi connectivity index (χ4v) is 3.08. The maximum atomic E-state index is 12.8. The Hall–Kier alpha value is -1.36. The average molecular weight is 306 g/mol. The van der Waals surface area contributed by atoms with E-state index in [1.165, 1.54) is 4.90 Å². The number of nitrogens with zero attached hydrogens (tertiary/aromatic N) is 2. The molecule has 1 rings (SSSR count). The van der Waals surface area contributed by atoms with Gasteiger partial charge in [-0.15, -0.1) is 3.89 Å². The molecule has 0 atom stereocenters. The lowest BCUT2D eigenvalue weighted by Gasteiger charge is -2.36. The summed E-state index contributed by atoms with van der Waals surface area (Å²) in [7, 11) is -4.72. The highest BCUT2D eigenvalue weighted by Gasteiger charge is 2.40. The maximum Gasteiger partial charge on any atom is 0.410 e. The second-order valence-electron chi connectivity index (χ2n) is 6.04. The zero-order chi connectivity index (χ0) is 15.6. The molecule has 20 heavy (non-hydrogen) atoms. The third-order valence-electron chi connectivity index (χ3n) is 3.06. The van der Waals surface area contributed by atoms with Crippen LogP contribution in [0.5, 0.6) is 0 Å². The summed E-state index contributed by atoms with van der Waals surface area (Å²) < 4.78 is 39.5. The lowest BCUT2D eigenvalue weighted by molar-refractivity contribution is 0.0161. The third kappa shape index (κ3) is 4.96. The summed E-state index contributed by atoms with van der Waals surface area (Å²) in [5.74, 6) is -0.821. The largest absolute Gasteiger partial charge is 0.444 e. The Morgan fingerprint density at radius 2 is 1.90 bits per heavy atom. The van der Waals surface area contributed by atoms with Crippen molar-refractivity contribution in [2.45, 2.75) is 39.2 Å². The van der Waals surface area contributed by atoms with Crippen LogP contribution in [-0.2, 0) is 15.0 Å². The van der Waals surface area contributed by atoms with Crippen molar-refractivity contribution in [2.75, 3.05) is 18.8 Å². The molecular formula is C12H19FN2O4S. The van der Waals surface area contributed by atoms with Gasteiger partial charge < -0.3 is 9.64 Å². The van der Waals surface area contributed by atoms with E-state index in [4.69, 9.17) is 10.00 Å².